The van der Waals surface area contributed by atoms with Gasteiger partial charge in [-0.15, -0.1) is 11.3 Å². The number of nitrogens with one attached hydrogen (secondary N) is 1. The van der Waals surface area contributed by atoms with E-state index in [-0.39, 0.29) is 5.91 Å². The van der Waals surface area contributed by atoms with E-state index in [1.54, 1.807) is 0 Å². The quantitative estimate of drug-likeness (QED) is 0.687. The van der Waals surface area contributed by atoms with Crippen molar-refractivity contribution in [1.82, 2.24) is 9.97 Å². The Morgan fingerprint density at radius 1 is 1.21 bits per heavy atom. The highest BCUT2D eigenvalue weighted by Crippen LogP contribution is 2.36. The highest BCUT2D eigenvalue weighted by Gasteiger charge is 2.23. The number of aromatic nitrogens is 2. The molecule has 0 unspecified atom stereocenters. The minimum absolute atomic E-state index is 0.139. The van der Waals surface area contributed by atoms with Gasteiger partial charge in [0.2, 0.25) is 0 Å². The molecule has 7 nitrogen and oxygen atoms in total. The van der Waals surface area contributed by atoms with Crippen LogP contribution in [-0.2, 0) is 4.74 Å². The number of carbonyl (C=O) groups is 1. The van der Waals surface area contributed by atoms with Crippen LogP contribution in [-0.4, -0.2) is 48.8 Å². The van der Waals surface area contributed by atoms with E-state index < -0.39 is 0 Å². The number of amides is 1. The predicted octanol–water partition coefficient (Wildman–Crippen LogP) is 3.80. The SMILES string of the molecule is CCOc1ccc(NC(=O)c2sc3nc(C)nc(N4CCOCC4)c3c2C)cc1. The van der Waals surface area contributed by atoms with Crippen molar-refractivity contribution in [2.24, 2.45) is 0 Å². The molecular weight excluding hydrogens is 388 g/mol. The van der Waals surface area contributed by atoms with E-state index in [0.717, 1.165) is 46.1 Å². The molecule has 1 aliphatic rings. The molecule has 0 radical (unpaired) electrons. The first-order valence-corrected chi connectivity index (χ1v) is 10.5. The molecule has 8 heteroatoms. The van der Waals surface area contributed by atoms with Crippen molar-refractivity contribution in [1.29, 1.82) is 0 Å². The molecule has 0 atom stereocenters. The van der Waals surface area contributed by atoms with Crippen molar-refractivity contribution in [2.75, 3.05) is 43.1 Å². The molecule has 2 aromatic heterocycles. The molecule has 1 aromatic carbocycles. The summed E-state index contributed by atoms with van der Waals surface area (Å²) in [5, 5.41) is 3.93. The summed E-state index contributed by atoms with van der Waals surface area (Å²) in [4.78, 5) is 26.0. The zero-order chi connectivity index (χ0) is 20.4. The molecule has 0 bridgehead atoms. The first-order valence-electron chi connectivity index (χ1n) is 9.71. The van der Waals surface area contributed by atoms with Gasteiger partial charge in [0.1, 0.15) is 22.2 Å². The Hall–Kier alpha value is -2.71. The largest absolute Gasteiger partial charge is 0.494 e. The minimum atomic E-state index is -0.139. The number of thiophene rings is 1. The number of fused-ring (bicyclic) bond motifs is 1. The topological polar surface area (TPSA) is 76.6 Å². The number of benzene rings is 1. The minimum Gasteiger partial charge on any atom is -0.494 e. The third kappa shape index (κ3) is 4.04. The van der Waals surface area contributed by atoms with E-state index in [9.17, 15) is 4.79 Å². The Morgan fingerprint density at radius 2 is 1.93 bits per heavy atom. The second-order valence-corrected chi connectivity index (χ2v) is 7.84. The number of nitrogens with zero attached hydrogens (tertiary/aromatic N) is 3. The maximum absolute atomic E-state index is 13.0. The molecule has 0 aliphatic carbocycles. The van der Waals surface area contributed by atoms with Gasteiger partial charge in [-0.25, -0.2) is 9.97 Å². The monoisotopic (exact) mass is 412 g/mol. The first kappa shape index (κ1) is 19.6. The Balaban J connectivity index is 1.65. The van der Waals surface area contributed by atoms with Crippen molar-refractivity contribution >= 4 is 39.0 Å². The molecular formula is C21H24N4O3S. The van der Waals surface area contributed by atoms with Crippen LogP contribution >= 0.6 is 11.3 Å². The second-order valence-electron chi connectivity index (χ2n) is 6.84. The summed E-state index contributed by atoms with van der Waals surface area (Å²) >= 11 is 1.41. The zero-order valence-corrected chi connectivity index (χ0v) is 17.6. The van der Waals surface area contributed by atoms with Crippen LogP contribution in [0.3, 0.4) is 0 Å². The molecule has 152 valence electrons. The first-order chi connectivity index (χ1) is 14.1. The normalized spacial score (nSPS) is 14.2. The lowest BCUT2D eigenvalue weighted by Crippen LogP contribution is -2.37. The lowest BCUT2D eigenvalue weighted by atomic mass is 10.1. The average molecular weight is 413 g/mol. The van der Waals surface area contributed by atoms with Gasteiger partial charge in [-0.05, 0) is 50.6 Å². The van der Waals surface area contributed by atoms with Crippen molar-refractivity contribution in [2.45, 2.75) is 20.8 Å². The Morgan fingerprint density at radius 3 is 2.62 bits per heavy atom. The molecule has 0 spiro atoms. The molecule has 1 amide bonds. The van der Waals surface area contributed by atoms with Gasteiger partial charge in [-0.3, -0.25) is 4.79 Å². The molecule has 3 heterocycles. The number of rotatable bonds is 5. The van der Waals surface area contributed by atoms with E-state index in [1.165, 1.54) is 11.3 Å². The average Bonchev–Trinajstić information content (AvgIpc) is 3.06. The highest BCUT2D eigenvalue weighted by molar-refractivity contribution is 7.20. The molecule has 0 saturated carbocycles. The molecule has 1 N–H and O–H groups in total. The fraction of sp³-hybridized carbons (Fsp3) is 0.381. The summed E-state index contributed by atoms with van der Waals surface area (Å²) in [6.45, 7) is 9.34. The lowest BCUT2D eigenvalue weighted by molar-refractivity contribution is 0.103. The van der Waals surface area contributed by atoms with Crippen LogP contribution in [0.5, 0.6) is 5.75 Å². The fourth-order valence-electron chi connectivity index (χ4n) is 3.43. The summed E-state index contributed by atoms with van der Waals surface area (Å²) in [6.07, 6.45) is 0. The van der Waals surface area contributed by atoms with Gasteiger partial charge in [0, 0.05) is 18.8 Å². The van der Waals surface area contributed by atoms with Crippen LogP contribution in [0.25, 0.3) is 10.2 Å². The second kappa shape index (κ2) is 8.34. The summed E-state index contributed by atoms with van der Waals surface area (Å²) in [6, 6.07) is 7.38. The van der Waals surface area contributed by atoms with Crippen LogP contribution < -0.4 is 15.0 Å². The maximum Gasteiger partial charge on any atom is 0.266 e. The molecule has 4 rings (SSSR count). The zero-order valence-electron chi connectivity index (χ0n) is 16.8. The third-order valence-electron chi connectivity index (χ3n) is 4.82. The molecule has 29 heavy (non-hydrogen) atoms. The van der Waals surface area contributed by atoms with Gasteiger partial charge in [0.25, 0.3) is 5.91 Å². The standard InChI is InChI=1S/C21H24N4O3S/c1-4-28-16-7-5-15(6-8-16)24-20(26)18-13(2)17-19(25-9-11-27-12-10-25)22-14(3)23-21(17)29-18/h5-8H,4,9-12H2,1-3H3,(H,24,26). The van der Waals surface area contributed by atoms with E-state index >= 15 is 0 Å². The molecule has 1 saturated heterocycles. The Kier molecular flexibility index (Phi) is 5.64. The van der Waals surface area contributed by atoms with Gasteiger partial charge in [-0.2, -0.15) is 0 Å². The van der Waals surface area contributed by atoms with Gasteiger partial charge in [0.05, 0.1) is 30.1 Å². The van der Waals surface area contributed by atoms with Crippen molar-refractivity contribution in [3.8, 4) is 5.75 Å². The number of aryl methyl sites for hydroxylation is 2. The van der Waals surface area contributed by atoms with Crippen molar-refractivity contribution in [3.05, 3.63) is 40.5 Å². The third-order valence-corrected chi connectivity index (χ3v) is 6.01. The number of hydrogen-bond donors (Lipinski definition) is 1. The number of anilines is 2. The highest BCUT2D eigenvalue weighted by atomic mass is 32.1. The van der Waals surface area contributed by atoms with Crippen molar-refractivity contribution in [3.63, 3.8) is 0 Å². The molecule has 3 aromatic rings. The number of morpholine rings is 1. The summed E-state index contributed by atoms with van der Waals surface area (Å²) < 4.78 is 10.9. The van der Waals surface area contributed by atoms with E-state index in [0.29, 0.717) is 30.5 Å². The summed E-state index contributed by atoms with van der Waals surface area (Å²) in [5.74, 6) is 2.24. The number of hydrogen-bond acceptors (Lipinski definition) is 7. The number of ether oxygens (including phenoxy) is 2. The van der Waals surface area contributed by atoms with E-state index in [2.05, 4.69) is 20.2 Å². The van der Waals surface area contributed by atoms with E-state index in [1.807, 2.05) is 45.0 Å². The van der Waals surface area contributed by atoms with Crippen LogP contribution in [0.2, 0.25) is 0 Å². The Bertz CT molecular complexity index is 1030. The van der Waals surface area contributed by atoms with Crippen LogP contribution in [0, 0.1) is 13.8 Å². The summed E-state index contributed by atoms with van der Waals surface area (Å²) in [5.41, 5.74) is 1.64. The van der Waals surface area contributed by atoms with Crippen LogP contribution in [0.15, 0.2) is 24.3 Å². The number of carbonyl (C=O) groups excluding carboxylic acids is 1. The van der Waals surface area contributed by atoms with Crippen LogP contribution in [0.4, 0.5) is 11.5 Å². The smallest absolute Gasteiger partial charge is 0.266 e. The van der Waals surface area contributed by atoms with Gasteiger partial charge in [0.15, 0.2) is 0 Å². The summed E-state index contributed by atoms with van der Waals surface area (Å²) in [7, 11) is 0. The fourth-order valence-corrected chi connectivity index (χ4v) is 4.55. The molecule has 1 fully saturated rings. The van der Waals surface area contributed by atoms with Gasteiger partial charge in [-0.1, -0.05) is 0 Å². The predicted molar refractivity (Wildman–Crippen MR) is 115 cm³/mol. The molecule has 1 aliphatic heterocycles. The van der Waals surface area contributed by atoms with Crippen LogP contribution in [0.1, 0.15) is 28.0 Å². The van der Waals surface area contributed by atoms with Crippen molar-refractivity contribution < 1.29 is 14.3 Å². The van der Waals surface area contributed by atoms with Gasteiger partial charge < -0.3 is 19.7 Å². The lowest BCUT2D eigenvalue weighted by Gasteiger charge is -2.28. The maximum atomic E-state index is 13.0. The van der Waals surface area contributed by atoms with E-state index in [4.69, 9.17) is 9.47 Å². The van der Waals surface area contributed by atoms with Gasteiger partial charge >= 0.3 is 0 Å². The Labute approximate surface area is 173 Å².